The molecule has 29 heavy (non-hydrogen) atoms. The molecule has 3 nitrogen and oxygen atoms in total. The molecular weight excluding hydrogens is 409 g/mol. The van der Waals surface area contributed by atoms with E-state index in [0.29, 0.717) is 24.8 Å². The van der Waals surface area contributed by atoms with E-state index in [1.807, 2.05) is 0 Å². The molecule has 1 fully saturated rings. The highest BCUT2D eigenvalue weighted by Gasteiger charge is 2.42. The molecule has 1 saturated heterocycles. The van der Waals surface area contributed by atoms with Crippen molar-refractivity contribution >= 4 is 6.29 Å². The lowest BCUT2D eigenvalue weighted by Gasteiger charge is -2.27. The van der Waals surface area contributed by atoms with Gasteiger partial charge in [0.05, 0.1) is 12.7 Å². The lowest BCUT2D eigenvalue weighted by atomic mass is 9.94. The van der Waals surface area contributed by atoms with Crippen molar-refractivity contribution in [1.82, 2.24) is 0 Å². The number of halogens is 7. The molecule has 1 aliphatic heterocycles. The van der Waals surface area contributed by atoms with Crippen LogP contribution in [0.25, 0.3) is 0 Å². The van der Waals surface area contributed by atoms with Crippen LogP contribution in [0.15, 0.2) is 24.3 Å². The predicted octanol–water partition coefficient (Wildman–Crippen LogP) is 5.18. The summed E-state index contributed by atoms with van der Waals surface area (Å²) in [5.41, 5.74) is -1.84. The van der Waals surface area contributed by atoms with Gasteiger partial charge < -0.3 is 14.3 Å². The van der Waals surface area contributed by atoms with E-state index in [0.717, 1.165) is 0 Å². The fourth-order valence-electron chi connectivity index (χ4n) is 2.99. The molecule has 1 aliphatic rings. The third kappa shape index (κ3) is 4.36. The van der Waals surface area contributed by atoms with E-state index in [-0.39, 0.29) is 36.6 Å². The van der Waals surface area contributed by atoms with Crippen molar-refractivity contribution in [2.45, 2.75) is 25.1 Å². The molecule has 0 radical (unpaired) electrons. The van der Waals surface area contributed by atoms with Crippen LogP contribution >= 0.6 is 0 Å². The van der Waals surface area contributed by atoms with Crippen molar-refractivity contribution in [3.63, 3.8) is 0 Å². The first kappa shape index (κ1) is 21.1. The van der Waals surface area contributed by atoms with Crippen LogP contribution in [-0.2, 0) is 15.6 Å². The maximum Gasteiger partial charge on any atom is 0.432 e. The maximum absolute atomic E-state index is 14.3. The largest absolute Gasteiger partial charge is 0.432 e. The molecule has 0 saturated carbocycles. The molecule has 2 aromatic rings. The zero-order valence-electron chi connectivity index (χ0n) is 14.5. The molecule has 0 N–H and O–H groups in total. The highest BCUT2D eigenvalue weighted by Crippen LogP contribution is 2.38. The summed E-state index contributed by atoms with van der Waals surface area (Å²) in [6.07, 6.45) is -4.10. The minimum atomic E-state index is -4.65. The summed E-state index contributed by atoms with van der Waals surface area (Å²) in [5, 5.41) is 0. The van der Waals surface area contributed by atoms with Crippen molar-refractivity contribution in [3.8, 4) is 5.75 Å². The van der Waals surface area contributed by atoms with E-state index in [1.54, 1.807) is 0 Å². The molecule has 156 valence electrons. The summed E-state index contributed by atoms with van der Waals surface area (Å²) in [4.78, 5) is 10.7. The number of carbonyl (C=O) groups is 1. The second kappa shape index (κ2) is 8.02. The van der Waals surface area contributed by atoms with Crippen LogP contribution in [-0.4, -0.2) is 12.9 Å². The van der Waals surface area contributed by atoms with Gasteiger partial charge in [0.15, 0.2) is 17.5 Å². The van der Waals surface area contributed by atoms with Crippen molar-refractivity contribution < 1.29 is 45.0 Å². The molecule has 0 aliphatic carbocycles. The first-order chi connectivity index (χ1) is 13.6. The van der Waals surface area contributed by atoms with Gasteiger partial charge in [0, 0.05) is 18.1 Å². The molecule has 2 atom stereocenters. The Labute approximate surface area is 160 Å². The Morgan fingerprint density at radius 3 is 2.00 bits per heavy atom. The van der Waals surface area contributed by atoms with Gasteiger partial charge in [-0.15, -0.1) is 0 Å². The second-order valence-electron chi connectivity index (χ2n) is 6.47. The van der Waals surface area contributed by atoms with E-state index in [1.165, 1.54) is 0 Å². The molecular formula is C19H13F7O3. The number of carbonyl (C=O) groups excluding carboxylic acids is 1. The number of benzene rings is 2. The quantitative estimate of drug-likeness (QED) is 0.379. The first-order valence-electron chi connectivity index (χ1n) is 8.40. The van der Waals surface area contributed by atoms with Gasteiger partial charge in [-0.1, -0.05) is 0 Å². The van der Waals surface area contributed by atoms with Gasteiger partial charge in [-0.25, -0.2) is 22.0 Å². The topological polar surface area (TPSA) is 35.5 Å². The Kier molecular flexibility index (Phi) is 5.83. The number of rotatable bonds is 5. The summed E-state index contributed by atoms with van der Waals surface area (Å²) >= 11 is 0. The second-order valence-corrected chi connectivity index (χ2v) is 6.47. The summed E-state index contributed by atoms with van der Waals surface area (Å²) in [6, 6.07) is 1.51. The third-order valence-corrected chi connectivity index (χ3v) is 4.43. The van der Waals surface area contributed by atoms with Gasteiger partial charge >= 0.3 is 6.11 Å². The third-order valence-electron chi connectivity index (χ3n) is 4.43. The van der Waals surface area contributed by atoms with E-state index in [9.17, 15) is 35.5 Å². The van der Waals surface area contributed by atoms with Gasteiger partial charge in [-0.3, -0.25) is 0 Å². The van der Waals surface area contributed by atoms with Crippen LogP contribution < -0.4 is 4.74 Å². The zero-order chi connectivity index (χ0) is 21.3. The maximum atomic E-state index is 14.3. The molecule has 3 rings (SSSR count). The number of alkyl halides is 2. The van der Waals surface area contributed by atoms with Gasteiger partial charge in [-0.2, -0.15) is 8.78 Å². The summed E-state index contributed by atoms with van der Waals surface area (Å²) in [5.74, 6) is -10.4. The Hall–Kier alpha value is -2.62. The van der Waals surface area contributed by atoms with Gasteiger partial charge in [0.2, 0.25) is 0 Å². The van der Waals surface area contributed by atoms with Crippen LogP contribution in [0.3, 0.4) is 0 Å². The highest BCUT2D eigenvalue weighted by molar-refractivity contribution is 5.53. The monoisotopic (exact) mass is 422 g/mol. The fourth-order valence-corrected chi connectivity index (χ4v) is 2.99. The lowest BCUT2D eigenvalue weighted by Crippen LogP contribution is -2.26. The van der Waals surface area contributed by atoms with Crippen LogP contribution in [0.1, 0.15) is 30.1 Å². The smallest absolute Gasteiger partial charge is 0.429 e. The number of aldehydes is 1. The van der Waals surface area contributed by atoms with Gasteiger partial charge in [0.25, 0.3) is 0 Å². The predicted molar refractivity (Wildman–Crippen MR) is 84.7 cm³/mol. The van der Waals surface area contributed by atoms with E-state index in [2.05, 4.69) is 4.74 Å². The van der Waals surface area contributed by atoms with Crippen LogP contribution in [0, 0.1) is 35.0 Å². The fraction of sp³-hybridized carbons (Fsp3) is 0.316. The Bertz CT molecular complexity index is 878. The van der Waals surface area contributed by atoms with Crippen molar-refractivity contribution in [3.05, 3.63) is 64.5 Å². The van der Waals surface area contributed by atoms with Crippen molar-refractivity contribution in [2.24, 2.45) is 5.92 Å². The average Bonchev–Trinajstić information content (AvgIpc) is 2.65. The van der Waals surface area contributed by atoms with E-state index >= 15 is 0 Å². The molecule has 0 aromatic heterocycles. The van der Waals surface area contributed by atoms with E-state index < -0.39 is 52.6 Å². The van der Waals surface area contributed by atoms with Crippen LogP contribution in [0.4, 0.5) is 30.7 Å². The van der Waals surface area contributed by atoms with Crippen molar-refractivity contribution in [2.75, 3.05) is 6.61 Å². The summed E-state index contributed by atoms with van der Waals surface area (Å²) in [6.45, 7) is 0.0279. The molecule has 0 spiro atoms. The number of ether oxygens (including phenoxy) is 2. The summed E-state index contributed by atoms with van der Waals surface area (Å²) < 4.78 is 106. The van der Waals surface area contributed by atoms with Crippen LogP contribution in [0.5, 0.6) is 5.75 Å². The van der Waals surface area contributed by atoms with Gasteiger partial charge in [0.1, 0.15) is 29.2 Å². The first-order valence-corrected chi connectivity index (χ1v) is 8.40. The SMILES string of the molecule is O=CC1CCC(c2cc(F)c(C(F)(F)Oc3cc(F)c(F)c(F)c3)c(F)c2)OC1. The zero-order valence-corrected chi connectivity index (χ0v) is 14.5. The number of hydrogen-bond donors (Lipinski definition) is 0. The normalized spacial score (nSPS) is 19.8. The minimum Gasteiger partial charge on any atom is -0.429 e. The Morgan fingerprint density at radius 1 is 0.931 bits per heavy atom. The molecule has 2 aromatic carbocycles. The number of hydrogen-bond acceptors (Lipinski definition) is 3. The lowest BCUT2D eigenvalue weighted by molar-refractivity contribution is -0.189. The molecule has 2 unspecified atom stereocenters. The van der Waals surface area contributed by atoms with Crippen molar-refractivity contribution in [1.29, 1.82) is 0 Å². The minimum absolute atomic E-state index is 0.0279. The average molecular weight is 422 g/mol. The Morgan fingerprint density at radius 2 is 1.52 bits per heavy atom. The summed E-state index contributed by atoms with van der Waals surface area (Å²) in [7, 11) is 0. The van der Waals surface area contributed by atoms with E-state index in [4.69, 9.17) is 4.74 Å². The molecule has 10 heteroatoms. The molecule has 0 amide bonds. The highest BCUT2D eigenvalue weighted by atomic mass is 19.3. The molecule has 0 bridgehead atoms. The van der Waals surface area contributed by atoms with Crippen LogP contribution in [0.2, 0.25) is 0 Å². The van der Waals surface area contributed by atoms with Gasteiger partial charge in [-0.05, 0) is 30.5 Å². The Balaban J connectivity index is 1.87. The standard InChI is InChI=1S/C19H13F7O3/c20-12-3-10(16-2-1-9(7-27)8-28-16)4-13(21)17(12)19(25,26)29-11-5-14(22)18(24)15(23)6-11/h3-7,9,16H,1-2,8H2. The molecule has 1 heterocycles.